The maximum Gasteiger partial charge on any atom is 0.261 e. The van der Waals surface area contributed by atoms with Crippen molar-refractivity contribution in [1.29, 1.82) is 0 Å². The topological polar surface area (TPSA) is 58.2 Å². The molecule has 2 N–H and O–H groups in total. The van der Waals surface area contributed by atoms with Crippen molar-refractivity contribution in [3.63, 3.8) is 0 Å². The molecule has 1 aromatic rings. The van der Waals surface area contributed by atoms with E-state index in [0.717, 1.165) is 17.6 Å². The molecule has 0 heterocycles. The zero-order valence-electron chi connectivity index (χ0n) is 11.0. The summed E-state index contributed by atoms with van der Waals surface area (Å²) in [6.45, 7) is 4.59. The van der Waals surface area contributed by atoms with Crippen molar-refractivity contribution in [2.75, 3.05) is 13.6 Å². The lowest BCUT2D eigenvalue weighted by Gasteiger charge is -2.07. The van der Waals surface area contributed by atoms with E-state index in [1.165, 1.54) is 0 Å². The normalized spacial score (nSPS) is 12.5. The van der Waals surface area contributed by atoms with Gasteiger partial charge in [-0.3, -0.25) is 4.72 Å². The molecule has 0 aliphatic rings. The summed E-state index contributed by atoms with van der Waals surface area (Å²) < 4.78 is 26.5. The molecule has 0 aromatic heterocycles. The van der Waals surface area contributed by atoms with Crippen LogP contribution in [0, 0.1) is 6.92 Å². The van der Waals surface area contributed by atoms with Gasteiger partial charge in [-0.25, -0.2) is 8.42 Å². The predicted molar refractivity (Wildman–Crippen MR) is 73.8 cm³/mol. The van der Waals surface area contributed by atoms with Crippen LogP contribution in [0.15, 0.2) is 40.9 Å². The first kappa shape index (κ1) is 14.7. The van der Waals surface area contributed by atoms with Crippen LogP contribution in [0.5, 0.6) is 0 Å². The van der Waals surface area contributed by atoms with Gasteiger partial charge >= 0.3 is 0 Å². The summed E-state index contributed by atoms with van der Waals surface area (Å²) in [4.78, 5) is 0.282. The molecule has 4 nitrogen and oxygen atoms in total. The van der Waals surface area contributed by atoms with Gasteiger partial charge in [-0.15, -0.1) is 0 Å². The van der Waals surface area contributed by atoms with Gasteiger partial charge in [0.25, 0.3) is 10.0 Å². The van der Waals surface area contributed by atoms with Crippen LogP contribution in [-0.2, 0) is 10.0 Å². The number of hydrogen-bond donors (Lipinski definition) is 2. The van der Waals surface area contributed by atoms with E-state index in [1.54, 1.807) is 30.5 Å². The fourth-order valence-electron chi connectivity index (χ4n) is 1.45. The van der Waals surface area contributed by atoms with E-state index < -0.39 is 10.0 Å². The summed E-state index contributed by atoms with van der Waals surface area (Å²) in [6.07, 6.45) is 2.36. The number of sulfonamides is 1. The Balaban J connectivity index is 2.85. The van der Waals surface area contributed by atoms with E-state index in [4.69, 9.17) is 0 Å². The second-order valence-electron chi connectivity index (χ2n) is 4.12. The van der Waals surface area contributed by atoms with Gasteiger partial charge in [0.15, 0.2) is 0 Å². The van der Waals surface area contributed by atoms with Crippen LogP contribution >= 0.6 is 0 Å². The number of benzene rings is 1. The van der Waals surface area contributed by atoms with Gasteiger partial charge in [0.1, 0.15) is 0 Å². The van der Waals surface area contributed by atoms with Gasteiger partial charge in [0, 0.05) is 12.7 Å². The van der Waals surface area contributed by atoms with Crippen molar-refractivity contribution < 1.29 is 8.42 Å². The number of likely N-dealkylation sites (N-methyl/N-ethyl adjacent to an activating group) is 1. The summed E-state index contributed by atoms with van der Waals surface area (Å²) in [7, 11) is -1.62. The van der Waals surface area contributed by atoms with E-state index in [-0.39, 0.29) is 4.90 Å². The monoisotopic (exact) mass is 268 g/mol. The molecular formula is C13H20N2O2S. The minimum atomic E-state index is -3.45. The average molecular weight is 268 g/mol. The fraction of sp³-hybridized carbons (Fsp3) is 0.385. The minimum absolute atomic E-state index is 0.282. The van der Waals surface area contributed by atoms with Crippen LogP contribution < -0.4 is 10.0 Å². The highest BCUT2D eigenvalue weighted by atomic mass is 32.2. The van der Waals surface area contributed by atoms with E-state index in [1.807, 2.05) is 20.9 Å². The van der Waals surface area contributed by atoms with Crippen LogP contribution in [-0.4, -0.2) is 22.0 Å². The summed E-state index contributed by atoms with van der Waals surface area (Å²) in [6, 6.07) is 6.78. The van der Waals surface area contributed by atoms with Crippen LogP contribution in [0.2, 0.25) is 0 Å². The SMILES string of the molecule is CC/C(=C/NS(=O)(=O)c1ccc(C)cc1)CNC. The highest BCUT2D eigenvalue weighted by Crippen LogP contribution is 2.10. The molecule has 0 atom stereocenters. The Labute approximate surface area is 109 Å². The van der Waals surface area contributed by atoms with Crippen molar-refractivity contribution >= 4 is 10.0 Å². The summed E-state index contributed by atoms with van der Waals surface area (Å²) >= 11 is 0. The second kappa shape index (κ2) is 6.56. The highest BCUT2D eigenvalue weighted by Gasteiger charge is 2.11. The zero-order valence-corrected chi connectivity index (χ0v) is 11.8. The van der Waals surface area contributed by atoms with Gasteiger partial charge in [-0.1, -0.05) is 24.6 Å². The molecule has 0 radical (unpaired) electrons. The third-order valence-electron chi connectivity index (χ3n) is 2.61. The number of aryl methyl sites for hydroxylation is 1. The van der Waals surface area contributed by atoms with E-state index >= 15 is 0 Å². The van der Waals surface area contributed by atoms with Crippen LogP contribution in [0.1, 0.15) is 18.9 Å². The van der Waals surface area contributed by atoms with Gasteiger partial charge in [0.05, 0.1) is 4.90 Å². The number of nitrogens with one attached hydrogen (secondary N) is 2. The first-order valence-electron chi connectivity index (χ1n) is 5.91. The molecule has 5 heteroatoms. The molecule has 1 aromatic carbocycles. The van der Waals surface area contributed by atoms with Crippen molar-refractivity contribution in [1.82, 2.24) is 10.0 Å². The lowest BCUT2D eigenvalue weighted by atomic mass is 10.2. The molecule has 0 aliphatic carbocycles. The second-order valence-corrected chi connectivity index (χ2v) is 5.83. The maximum atomic E-state index is 12.0. The first-order valence-corrected chi connectivity index (χ1v) is 7.39. The molecule has 0 spiro atoms. The molecule has 1 rings (SSSR count). The Hall–Kier alpha value is -1.33. The molecule has 0 saturated heterocycles. The Morgan fingerprint density at radius 2 is 1.89 bits per heavy atom. The zero-order chi connectivity index (χ0) is 13.6. The minimum Gasteiger partial charge on any atom is -0.316 e. The molecule has 0 unspecified atom stereocenters. The smallest absolute Gasteiger partial charge is 0.261 e. The van der Waals surface area contributed by atoms with Crippen molar-refractivity contribution in [2.45, 2.75) is 25.2 Å². The molecule has 100 valence electrons. The molecule has 0 aliphatic heterocycles. The third-order valence-corrected chi connectivity index (χ3v) is 3.93. The third kappa shape index (κ3) is 4.16. The van der Waals surface area contributed by atoms with Gasteiger partial charge < -0.3 is 5.32 Å². The quantitative estimate of drug-likeness (QED) is 0.827. The van der Waals surface area contributed by atoms with Gasteiger partial charge in [0.2, 0.25) is 0 Å². The van der Waals surface area contributed by atoms with Gasteiger partial charge in [-0.05, 0) is 38.1 Å². The van der Waals surface area contributed by atoms with E-state index in [2.05, 4.69) is 10.0 Å². The number of hydrogen-bond acceptors (Lipinski definition) is 3. The lowest BCUT2D eigenvalue weighted by Crippen LogP contribution is -2.20. The predicted octanol–water partition coefficient (Wildman–Crippen LogP) is 1.79. The standard InChI is InChI=1S/C13H20N2O2S/c1-4-12(9-14-3)10-15-18(16,17)13-7-5-11(2)6-8-13/h5-8,10,14-15H,4,9H2,1-3H3/b12-10-. The summed E-state index contributed by atoms with van der Waals surface area (Å²) in [5.41, 5.74) is 2.04. The number of rotatable bonds is 6. The molecule has 0 fully saturated rings. The van der Waals surface area contributed by atoms with E-state index in [9.17, 15) is 8.42 Å². The first-order chi connectivity index (χ1) is 8.49. The largest absolute Gasteiger partial charge is 0.316 e. The molecule has 0 saturated carbocycles. The van der Waals surface area contributed by atoms with Gasteiger partial charge in [-0.2, -0.15) is 0 Å². The summed E-state index contributed by atoms with van der Waals surface area (Å²) in [5.74, 6) is 0. The van der Waals surface area contributed by atoms with Crippen LogP contribution in [0.3, 0.4) is 0 Å². The molecular weight excluding hydrogens is 248 g/mol. The Kier molecular flexibility index (Phi) is 5.37. The molecule has 18 heavy (non-hydrogen) atoms. The average Bonchev–Trinajstić information content (AvgIpc) is 2.35. The Morgan fingerprint density at radius 1 is 1.28 bits per heavy atom. The van der Waals surface area contributed by atoms with Crippen molar-refractivity contribution in [2.24, 2.45) is 0 Å². The molecule has 0 bridgehead atoms. The lowest BCUT2D eigenvalue weighted by molar-refractivity contribution is 0.590. The van der Waals surface area contributed by atoms with Crippen molar-refractivity contribution in [3.8, 4) is 0 Å². The van der Waals surface area contributed by atoms with Crippen LogP contribution in [0.4, 0.5) is 0 Å². The van der Waals surface area contributed by atoms with Crippen molar-refractivity contribution in [3.05, 3.63) is 41.6 Å². The summed E-state index contributed by atoms with van der Waals surface area (Å²) in [5, 5.41) is 3.00. The highest BCUT2D eigenvalue weighted by molar-refractivity contribution is 7.89. The Morgan fingerprint density at radius 3 is 2.39 bits per heavy atom. The Bertz CT molecular complexity index is 504. The molecule has 0 amide bonds. The van der Waals surface area contributed by atoms with Crippen LogP contribution in [0.25, 0.3) is 0 Å². The fourth-order valence-corrected chi connectivity index (χ4v) is 2.40. The van der Waals surface area contributed by atoms with E-state index in [0.29, 0.717) is 6.54 Å². The maximum absolute atomic E-state index is 12.0.